The number of nitrogens with one attached hydrogen (secondary N) is 1. The van der Waals surface area contributed by atoms with Gasteiger partial charge in [-0.25, -0.2) is 0 Å². The molecule has 1 aromatic rings. The van der Waals surface area contributed by atoms with E-state index < -0.39 is 0 Å². The highest BCUT2D eigenvalue weighted by Crippen LogP contribution is 2.13. The molecule has 0 saturated carbocycles. The predicted molar refractivity (Wildman–Crippen MR) is 105 cm³/mol. The maximum Gasteiger partial charge on any atom is 0.253 e. The highest BCUT2D eigenvalue weighted by Gasteiger charge is 2.20. The molecule has 1 fully saturated rings. The highest BCUT2D eigenvalue weighted by atomic mass is 16.2. The Balaban J connectivity index is 1.79. The molecule has 0 spiro atoms. The number of benzene rings is 1. The number of hydrogen-bond donors (Lipinski definition) is 1. The van der Waals surface area contributed by atoms with Crippen LogP contribution in [0.5, 0.6) is 0 Å². The lowest BCUT2D eigenvalue weighted by molar-refractivity contribution is -0.116. The van der Waals surface area contributed by atoms with Gasteiger partial charge in [0, 0.05) is 50.4 Å². The van der Waals surface area contributed by atoms with Gasteiger partial charge in [0.05, 0.1) is 0 Å². The van der Waals surface area contributed by atoms with Gasteiger partial charge in [-0.15, -0.1) is 0 Å². The fourth-order valence-corrected chi connectivity index (χ4v) is 2.94. The van der Waals surface area contributed by atoms with Crippen LogP contribution in [0, 0.1) is 0 Å². The Morgan fingerprint density at radius 2 is 1.73 bits per heavy atom. The molecule has 1 saturated heterocycles. The van der Waals surface area contributed by atoms with E-state index in [9.17, 15) is 9.59 Å². The van der Waals surface area contributed by atoms with Gasteiger partial charge >= 0.3 is 0 Å². The average molecular weight is 361 g/mol. The van der Waals surface area contributed by atoms with Crippen LogP contribution in [0.3, 0.4) is 0 Å². The minimum atomic E-state index is 0.00601. The number of rotatable bonds is 8. The molecular formula is C20H32N4O2. The first-order valence-electron chi connectivity index (χ1n) is 9.56. The number of carbonyl (C=O) groups excluding carboxylic acids is 2. The third-order valence-corrected chi connectivity index (χ3v) is 4.82. The monoisotopic (exact) mass is 360 g/mol. The van der Waals surface area contributed by atoms with E-state index in [-0.39, 0.29) is 11.8 Å². The summed E-state index contributed by atoms with van der Waals surface area (Å²) < 4.78 is 0. The van der Waals surface area contributed by atoms with E-state index in [1.54, 1.807) is 12.1 Å². The zero-order valence-corrected chi connectivity index (χ0v) is 16.3. The number of anilines is 1. The number of carbonyl (C=O) groups is 2. The maximum atomic E-state index is 12.5. The molecule has 2 amide bonds. The fourth-order valence-electron chi connectivity index (χ4n) is 2.94. The number of unbranched alkanes of at least 4 members (excludes halogenated alkanes) is 1. The van der Waals surface area contributed by atoms with E-state index in [0.29, 0.717) is 12.0 Å². The molecule has 2 rings (SSSR count). The Kier molecular flexibility index (Phi) is 8.06. The Bertz CT molecular complexity index is 580. The summed E-state index contributed by atoms with van der Waals surface area (Å²) in [4.78, 5) is 30.9. The molecule has 1 heterocycles. The van der Waals surface area contributed by atoms with E-state index in [2.05, 4.69) is 29.1 Å². The van der Waals surface area contributed by atoms with E-state index in [1.807, 2.05) is 24.1 Å². The van der Waals surface area contributed by atoms with Crippen molar-refractivity contribution in [2.45, 2.75) is 26.2 Å². The second-order valence-electron chi connectivity index (χ2n) is 7.13. The van der Waals surface area contributed by atoms with Gasteiger partial charge in [0.15, 0.2) is 0 Å². The van der Waals surface area contributed by atoms with Crippen LogP contribution < -0.4 is 5.32 Å². The van der Waals surface area contributed by atoms with Crippen LogP contribution in [0.2, 0.25) is 0 Å². The molecule has 6 nitrogen and oxygen atoms in total. The normalized spacial score (nSPS) is 15.3. The molecule has 0 radical (unpaired) electrons. The molecule has 6 heteroatoms. The number of hydrogen-bond acceptors (Lipinski definition) is 4. The minimum Gasteiger partial charge on any atom is -0.336 e. The number of piperazine rings is 1. The van der Waals surface area contributed by atoms with Gasteiger partial charge in [-0.05, 0) is 51.3 Å². The van der Waals surface area contributed by atoms with Crippen molar-refractivity contribution in [3.05, 3.63) is 29.8 Å². The van der Waals surface area contributed by atoms with Gasteiger partial charge in [-0.1, -0.05) is 13.3 Å². The van der Waals surface area contributed by atoms with Crippen molar-refractivity contribution in [3.63, 3.8) is 0 Å². The molecule has 0 aliphatic carbocycles. The largest absolute Gasteiger partial charge is 0.336 e. The quantitative estimate of drug-likeness (QED) is 0.772. The van der Waals surface area contributed by atoms with Crippen LogP contribution in [-0.2, 0) is 4.79 Å². The predicted octanol–water partition coefficient (Wildman–Crippen LogP) is 2.13. The standard InChI is InChI=1S/C20H32N4O2/c1-4-5-11-22(2)12-10-19(25)21-18-8-6-17(7-9-18)20(26)24-15-13-23(3)14-16-24/h6-9H,4-5,10-16H2,1-3H3,(H,21,25). The summed E-state index contributed by atoms with van der Waals surface area (Å²) in [5.74, 6) is 0.0695. The molecule has 0 unspecified atom stereocenters. The Hall–Kier alpha value is -1.92. The molecule has 0 bridgehead atoms. The lowest BCUT2D eigenvalue weighted by Gasteiger charge is -2.32. The van der Waals surface area contributed by atoms with Crippen molar-refractivity contribution in [3.8, 4) is 0 Å². The lowest BCUT2D eigenvalue weighted by atomic mass is 10.1. The van der Waals surface area contributed by atoms with Crippen LogP contribution in [0.4, 0.5) is 5.69 Å². The van der Waals surface area contributed by atoms with Gasteiger partial charge < -0.3 is 20.0 Å². The summed E-state index contributed by atoms with van der Waals surface area (Å²) in [6, 6.07) is 7.21. The second-order valence-corrected chi connectivity index (χ2v) is 7.13. The van der Waals surface area contributed by atoms with Gasteiger partial charge in [0.25, 0.3) is 5.91 Å². The van der Waals surface area contributed by atoms with Gasteiger partial charge in [0.1, 0.15) is 0 Å². The molecule has 1 aromatic carbocycles. The van der Waals surface area contributed by atoms with Crippen molar-refractivity contribution in [2.75, 3.05) is 58.7 Å². The summed E-state index contributed by atoms with van der Waals surface area (Å²) >= 11 is 0. The molecular weight excluding hydrogens is 328 g/mol. The average Bonchev–Trinajstić information content (AvgIpc) is 2.65. The van der Waals surface area contributed by atoms with Crippen LogP contribution >= 0.6 is 0 Å². The summed E-state index contributed by atoms with van der Waals surface area (Å²) in [5, 5.41) is 2.91. The second kappa shape index (κ2) is 10.3. The molecule has 1 aliphatic rings. The summed E-state index contributed by atoms with van der Waals surface area (Å²) in [5.41, 5.74) is 1.41. The first kappa shape index (κ1) is 20.4. The van der Waals surface area contributed by atoms with Crippen LogP contribution in [-0.4, -0.2) is 79.9 Å². The fraction of sp³-hybridized carbons (Fsp3) is 0.600. The highest BCUT2D eigenvalue weighted by molar-refractivity contribution is 5.96. The first-order valence-corrected chi connectivity index (χ1v) is 9.56. The van der Waals surface area contributed by atoms with Crippen molar-refractivity contribution in [1.29, 1.82) is 0 Å². The molecule has 0 atom stereocenters. The van der Waals surface area contributed by atoms with E-state index >= 15 is 0 Å². The van der Waals surface area contributed by atoms with E-state index in [4.69, 9.17) is 0 Å². The van der Waals surface area contributed by atoms with Gasteiger partial charge in [-0.2, -0.15) is 0 Å². The third-order valence-electron chi connectivity index (χ3n) is 4.82. The van der Waals surface area contributed by atoms with Gasteiger partial charge in [0.2, 0.25) is 5.91 Å². The molecule has 1 N–H and O–H groups in total. The molecule has 1 aliphatic heterocycles. The van der Waals surface area contributed by atoms with Crippen molar-refractivity contribution in [1.82, 2.24) is 14.7 Å². The summed E-state index contributed by atoms with van der Waals surface area (Å²) in [7, 11) is 4.11. The first-order chi connectivity index (χ1) is 12.5. The minimum absolute atomic E-state index is 0.00601. The number of amides is 2. The van der Waals surface area contributed by atoms with Crippen LogP contribution in [0.1, 0.15) is 36.5 Å². The summed E-state index contributed by atoms with van der Waals surface area (Å²) in [6.07, 6.45) is 2.79. The Labute approximate surface area is 157 Å². The van der Waals surface area contributed by atoms with E-state index in [0.717, 1.165) is 57.8 Å². The smallest absolute Gasteiger partial charge is 0.253 e. The Morgan fingerprint density at radius 1 is 1.08 bits per heavy atom. The SMILES string of the molecule is CCCCN(C)CCC(=O)Nc1ccc(C(=O)N2CCN(C)CC2)cc1. The van der Waals surface area contributed by atoms with Crippen molar-refractivity contribution < 1.29 is 9.59 Å². The van der Waals surface area contributed by atoms with Crippen LogP contribution in [0.15, 0.2) is 24.3 Å². The van der Waals surface area contributed by atoms with Crippen molar-refractivity contribution in [2.24, 2.45) is 0 Å². The lowest BCUT2D eigenvalue weighted by Crippen LogP contribution is -2.47. The van der Waals surface area contributed by atoms with Gasteiger partial charge in [-0.3, -0.25) is 9.59 Å². The zero-order chi connectivity index (χ0) is 18.9. The van der Waals surface area contributed by atoms with Crippen LogP contribution in [0.25, 0.3) is 0 Å². The molecule has 0 aromatic heterocycles. The topological polar surface area (TPSA) is 55.9 Å². The zero-order valence-electron chi connectivity index (χ0n) is 16.3. The Morgan fingerprint density at radius 3 is 2.35 bits per heavy atom. The molecule has 26 heavy (non-hydrogen) atoms. The molecule has 144 valence electrons. The summed E-state index contributed by atoms with van der Waals surface area (Å²) in [6.45, 7) is 7.29. The van der Waals surface area contributed by atoms with Crippen molar-refractivity contribution >= 4 is 17.5 Å². The van der Waals surface area contributed by atoms with E-state index in [1.165, 1.54) is 0 Å². The number of likely N-dealkylation sites (N-methyl/N-ethyl adjacent to an activating group) is 1. The third kappa shape index (κ3) is 6.42. The number of nitrogens with zero attached hydrogens (tertiary/aromatic N) is 3. The maximum absolute atomic E-state index is 12.5.